The average Bonchev–Trinajstić information content (AvgIpc) is 2.09. The third-order valence-corrected chi connectivity index (χ3v) is 2.16. The smallest absolute Gasteiger partial charge is 0.147 e. The molecule has 0 radical (unpaired) electrons. The van der Waals surface area contributed by atoms with Gasteiger partial charge in [0.2, 0.25) is 0 Å². The Balaban J connectivity index is 2.64. The molecule has 3 heteroatoms. The van der Waals surface area contributed by atoms with E-state index >= 15 is 0 Å². The van der Waals surface area contributed by atoms with E-state index in [9.17, 15) is 4.79 Å². The van der Waals surface area contributed by atoms with Gasteiger partial charge in [-0.15, -0.1) is 0 Å². The Morgan fingerprint density at radius 2 is 1.92 bits per heavy atom. The molecule has 2 nitrogen and oxygen atoms in total. The van der Waals surface area contributed by atoms with Crippen LogP contribution < -0.4 is 5.73 Å². The lowest BCUT2D eigenvalue weighted by atomic mass is 10.1. The number of Topliss-reactive ketones (excluding diaryl/α,β-unsaturated/α-hetero) is 1. The summed E-state index contributed by atoms with van der Waals surface area (Å²) in [6.07, 6.45) is 0.478. The second-order valence-electron chi connectivity index (χ2n) is 2.59. The Labute approximate surface area is 79.9 Å². The highest BCUT2D eigenvalue weighted by molar-refractivity contribution is 9.09. The lowest BCUT2D eigenvalue weighted by Gasteiger charge is -1.98. The van der Waals surface area contributed by atoms with Gasteiger partial charge in [0.1, 0.15) is 5.78 Å². The summed E-state index contributed by atoms with van der Waals surface area (Å²) >= 11 is 3.11. The van der Waals surface area contributed by atoms with Gasteiger partial charge in [0.25, 0.3) is 0 Å². The second kappa shape index (κ2) is 4.26. The fourth-order valence-corrected chi connectivity index (χ4v) is 1.11. The average molecular weight is 228 g/mol. The summed E-state index contributed by atoms with van der Waals surface area (Å²) in [6, 6.07) is 7.35. The Morgan fingerprint density at radius 1 is 1.33 bits per heavy atom. The quantitative estimate of drug-likeness (QED) is 0.632. The Hall–Kier alpha value is -0.830. The van der Waals surface area contributed by atoms with Crippen molar-refractivity contribution in [3.05, 3.63) is 29.8 Å². The van der Waals surface area contributed by atoms with Gasteiger partial charge in [0.15, 0.2) is 0 Å². The lowest BCUT2D eigenvalue weighted by Crippen LogP contribution is -2.03. The molecule has 0 spiro atoms. The van der Waals surface area contributed by atoms with Gasteiger partial charge < -0.3 is 5.73 Å². The predicted molar refractivity (Wildman–Crippen MR) is 53.4 cm³/mol. The van der Waals surface area contributed by atoms with Crippen molar-refractivity contribution in [2.75, 3.05) is 11.1 Å². The molecule has 0 saturated carbocycles. The van der Waals surface area contributed by atoms with E-state index in [0.717, 1.165) is 11.3 Å². The van der Waals surface area contributed by atoms with Gasteiger partial charge in [-0.3, -0.25) is 4.79 Å². The van der Waals surface area contributed by atoms with E-state index in [0.29, 0.717) is 11.8 Å². The minimum absolute atomic E-state index is 0.180. The van der Waals surface area contributed by atoms with Crippen molar-refractivity contribution in [1.29, 1.82) is 0 Å². The highest BCUT2D eigenvalue weighted by Crippen LogP contribution is 2.06. The fraction of sp³-hybridized carbons (Fsp3) is 0.222. The first-order valence-corrected chi connectivity index (χ1v) is 4.76. The molecule has 0 amide bonds. The minimum Gasteiger partial charge on any atom is -0.399 e. The summed E-state index contributed by atoms with van der Waals surface area (Å²) in [4.78, 5) is 11.0. The maximum absolute atomic E-state index is 11.0. The molecule has 0 aromatic heterocycles. The molecule has 64 valence electrons. The van der Waals surface area contributed by atoms with Gasteiger partial charge in [0, 0.05) is 12.1 Å². The number of ketones is 1. The van der Waals surface area contributed by atoms with E-state index in [1.165, 1.54) is 0 Å². The van der Waals surface area contributed by atoms with Gasteiger partial charge in [-0.2, -0.15) is 0 Å². The third kappa shape index (κ3) is 2.66. The Kier molecular flexibility index (Phi) is 3.29. The summed E-state index contributed by atoms with van der Waals surface area (Å²) in [5.41, 5.74) is 7.23. The summed E-state index contributed by atoms with van der Waals surface area (Å²) in [5.74, 6) is 0.180. The number of hydrogen-bond acceptors (Lipinski definition) is 2. The molecule has 0 aliphatic carbocycles. The predicted octanol–water partition coefficient (Wildman–Crippen LogP) is 1.78. The van der Waals surface area contributed by atoms with E-state index in [2.05, 4.69) is 15.9 Å². The van der Waals surface area contributed by atoms with Crippen LogP contribution in [0.5, 0.6) is 0 Å². The van der Waals surface area contributed by atoms with E-state index in [-0.39, 0.29) is 5.78 Å². The molecule has 1 aromatic rings. The highest BCUT2D eigenvalue weighted by Gasteiger charge is 2.00. The maximum atomic E-state index is 11.0. The zero-order chi connectivity index (χ0) is 8.97. The van der Waals surface area contributed by atoms with Crippen molar-refractivity contribution in [2.24, 2.45) is 0 Å². The summed E-state index contributed by atoms with van der Waals surface area (Å²) in [6.45, 7) is 0. The van der Waals surface area contributed by atoms with Crippen LogP contribution in [0.2, 0.25) is 0 Å². The number of carbonyl (C=O) groups excluding carboxylic acids is 1. The van der Waals surface area contributed by atoms with Gasteiger partial charge in [-0.1, -0.05) is 28.1 Å². The third-order valence-electron chi connectivity index (χ3n) is 1.53. The largest absolute Gasteiger partial charge is 0.399 e. The minimum atomic E-state index is 0.180. The van der Waals surface area contributed by atoms with Crippen molar-refractivity contribution in [3.63, 3.8) is 0 Å². The first-order chi connectivity index (χ1) is 5.72. The van der Waals surface area contributed by atoms with Crippen LogP contribution in [0.1, 0.15) is 5.56 Å². The van der Waals surface area contributed by atoms with Crippen LogP contribution in [-0.4, -0.2) is 11.1 Å². The number of alkyl halides is 1. The van der Waals surface area contributed by atoms with Gasteiger partial charge >= 0.3 is 0 Å². The number of benzene rings is 1. The monoisotopic (exact) mass is 227 g/mol. The maximum Gasteiger partial charge on any atom is 0.147 e. The molecule has 0 saturated heterocycles. The highest BCUT2D eigenvalue weighted by atomic mass is 79.9. The number of nitrogen functional groups attached to an aromatic ring is 1. The number of halogens is 1. The van der Waals surface area contributed by atoms with Crippen molar-refractivity contribution >= 4 is 27.4 Å². The molecule has 1 aromatic carbocycles. The molecular weight excluding hydrogens is 218 g/mol. The second-order valence-corrected chi connectivity index (χ2v) is 3.15. The van der Waals surface area contributed by atoms with Crippen LogP contribution in [-0.2, 0) is 11.2 Å². The van der Waals surface area contributed by atoms with Crippen LogP contribution in [0.25, 0.3) is 0 Å². The zero-order valence-corrected chi connectivity index (χ0v) is 8.17. The molecular formula is C9H10BrNO. The van der Waals surface area contributed by atoms with Gasteiger partial charge in [-0.25, -0.2) is 0 Å². The van der Waals surface area contributed by atoms with Crippen LogP contribution in [0, 0.1) is 0 Å². The molecule has 2 N–H and O–H groups in total. The summed E-state index contributed by atoms with van der Waals surface area (Å²) in [7, 11) is 0. The normalized spacial score (nSPS) is 9.75. The molecule has 0 bridgehead atoms. The van der Waals surface area contributed by atoms with Crippen LogP contribution in [0.15, 0.2) is 24.3 Å². The van der Waals surface area contributed by atoms with Crippen molar-refractivity contribution in [3.8, 4) is 0 Å². The van der Waals surface area contributed by atoms with E-state index < -0.39 is 0 Å². The van der Waals surface area contributed by atoms with E-state index in [1.54, 1.807) is 12.1 Å². The van der Waals surface area contributed by atoms with Crippen molar-refractivity contribution < 1.29 is 4.79 Å². The molecule has 0 unspecified atom stereocenters. The summed E-state index contributed by atoms with van der Waals surface area (Å²) in [5, 5.41) is 0.414. The van der Waals surface area contributed by atoms with Crippen LogP contribution in [0.3, 0.4) is 0 Å². The van der Waals surface area contributed by atoms with Gasteiger partial charge in [0.05, 0.1) is 5.33 Å². The molecule has 0 fully saturated rings. The first-order valence-electron chi connectivity index (χ1n) is 3.64. The Bertz CT molecular complexity index is 268. The molecule has 0 heterocycles. The fourth-order valence-electron chi connectivity index (χ4n) is 0.910. The number of carbonyl (C=O) groups is 1. The first kappa shape index (κ1) is 9.26. The lowest BCUT2D eigenvalue weighted by molar-refractivity contribution is -0.115. The standard InChI is InChI=1S/C9H10BrNO/c10-6-9(12)5-7-1-3-8(11)4-2-7/h1-4H,5-6,11H2. The SMILES string of the molecule is Nc1ccc(CC(=O)CBr)cc1. The van der Waals surface area contributed by atoms with Crippen molar-refractivity contribution in [2.45, 2.75) is 6.42 Å². The molecule has 1 rings (SSSR count). The van der Waals surface area contributed by atoms with E-state index in [1.807, 2.05) is 12.1 Å². The van der Waals surface area contributed by atoms with Crippen LogP contribution >= 0.6 is 15.9 Å². The number of nitrogens with two attached hydrogens (primary N) is 1. The van der Waals surface area contributed by atoms with Gasteiger partial charge in [-0.05, 0) is 17.7 Å². The molecule has 0 aliphatic heterocycles. The number of anilines is 1. The van der Waals surface area contributed by atoms with Crippen LogP contribution in [0.4, 0.5) is 5.69 Å². The number of rotatable bonds is 3. The van der Waals surface area contributed by atoms with Crippen molar-refractivity contribution in [1.82, 2.24) is 0 Å². The summed E-state index contributed by atoms with van der Waals surface area (Å²) < 4.78 is 0. The van der Waals surface area contributed by atoms with E-state index in [4.69, 9.17) is 5.73 Å². The molecule has 0 aliphatic rings. The topological polar surface area (TPSA) is 43.1 Å². The molecule has 0 atom stereocenters. The zero-order valence-electron chi connectivity index (χ0n) is 6.59. The number of hydrogen-bond donors (Lipinski definition) is 1. The Morgan fingerprint density at radius 3 is 2.42 bits per heavy atom. The molecule has 12 heavy (non-hydrogen) atoms.